The molecule has 1 aliphatic carbocycles. The maximum Gasteiger partial charge on any atom is 0.319 e. The molecule has 2 aromatic rings. The minimum absolute atomic E-state index is 0.0722. The third kappa shape index (κ3) is 4.81. The Kier molecular flexibility index (Phi) is 5.05. The van der Waals surface area contributed by atoms with Crippen molar-refractivity contribution >= 4 is 23.3 Å². The largest absolute Gasteiger partial charge is 0.337 e. The minimum atomic E-state index is -0.263. The summed E-state index contributed by atoms with van der Waals surface area (Å²) in [6.45, 7) is 0.512. The van der Waals surface area contributed by atoms with E-state index >= 15 is 0 Å². The highest BCUT2D eigenvalue weighted by atomic mass is 16.2. The summed E-state index contributed by atoms with van der Waals surface area (Å²) < 4.78 is 0. The summed E-state index contributed by atoms with van der Waals surface area (Å²) in [5.74, 6) is 0.246. The first-order valence-corrected chi connectivity index (χ1v) is 8.06. The molecule has 1 fully saturated rings. The standard InChI is InChI=1S/C18H20N4O2/c23-17(13-4-5-13)21-15-6-8-16(9-7-15)22-18(24)20-12-10-14-3-1-2-11-19-14/h1-3,6-9,11,13H,4-5,10,12H2,(H,21,23)(H2,20,22,24). The maximum absolute atomic E-state index is 11.9. The van der Waals surface area contributed by atoms with Crippen LogP contribution < -0.4 is 16.0 Å². The van der Waals surface area contributed by atoms with E-state index < -0.39 is 0 Å². The highest BCUT2D eigenvalue weighted by Crippen LogP contribution is 2.30. The van der Waals surface area contributed by atoms with Gasteiger partial charge >= 0.3 is 6.03 Å². The average Bonchev–Trinajstić information content (AvgIpc) is 3.43. The lowest BCUT2D eigenvalue weighted by Crippen LogP contribution is -2.30. The molecule has 24 heavy (non-hydrogen) atoms. The fourth-order valence-electron chi connectivity index (χ4n) is 2.25. The highest BCUT2D eigenvalue weighted by Gasteiger charge is 2.29. The number of aromatic nitrogens is 1. The van der Waals surface area contributed by atoms with Crippen LogP contribution in [0.25, 0.3) is 0 Å². The van der Waals surface area contributed by atoms with Crippen LogP contribution in [-0.2, 0) is 11.2 Å². The van der Waals surface area contributed by atoms with E-state index in [0.29, 0.717) is 18.7 Å². The normalized spacial score (nSPS) is 13.2. The van der Waals surface area contributed by atoms with Gasteiger partial charge in [-0.25, -0.2) is 4.79 Å². The number of hydrogen-bond donors (Lipinski definition) is 3. The zero-order valence-corrected chi connectivity index (χ0v) is 13.3. The molecule has 0 bridgehead atoms. The second-order valence-corrected chi connectivity index (χ2v) is 5.79. The SMILES string of the molecule is O=C(NCCc1ccccn1)Nc1ccc(NC(=O)C2CC2)cc1. The molecule has 1 aromatic carbocycles. The molecule has 3 N–H and O–H groups in total. The summed E-state index contributed by atoms with van der Waals surface area (Å²) in [6.07, 6.45) is 4.37. The molecule has 1 heterocycles. The van der Waals surface area contributed by atoms with Crippen LogP contribution in [0.5, 0.6) is 0 Å². The van der Waals surface area contributed by atoms with E-state index in [1.165, 1.54) is 0 Å². The predicted octanol–water partition coefficient (Wildman–Crippen LogP) is 2.79. The number of benzene rings is 1. The van der Waals surface area contributed by atoms with Crippen LogP contribution in [0.4, 0.5) is 16.2 Å². The first-order valence-electron chi connectivity index (χ1n) is 8.06. The second-order valence-electron chi connectivity index (χ2n) is 5.79. The number of nitrogens with one attached hydrogen (secondary N) is 3. The van der Waals surface area contributed by atoms with E-state index in [0.717, 1.165) is 24.2 Å². The number of amides is 3. The Morgan fingerprint density at radius 1 is 1.00 bits per heavy atom. The number of rotatable bonds is 6. The van der Waals surface area contributed by atoms with E-state index in [-0.39, 0.29) is 17.9 Å². The van der Waals surface area contributed by atoms with Crippen LogP contribution in [0, 0.1) is 5.92 Å². The number of carbonyl (C=O) groups excluding carboxylic acids is 2. The quantitative estimate of drug-likeness (QED) is 0.764. The fraction of sp³-hybridized carbons (Fsp3) is 0.278. The maximum atomic E-state index is 11.9. The van der Waals surface area contributed by atoms with Gasteiger partial charge in [-0.1, -0.05) is 6.07 Å². The van der Waals surface area contributed by atoms with Crippen molar-refractivity contribution in [2.75, 3.05) is 17.2 Å². The van der Waals surface area contributed by atoms with Gasteiger partial charge in [0.1, 0.15) is 0 Å². The van der Waals surface area contributed by atoms with Gasteiger partial charge < -0.3 is 16.0 Å². The Balaban J connectivity index is 1.41. The van der Waals surface area contributed by atoms with Gasteiger partial charge in [0.05, 0.1) is 0 Å². The molecule has 124 valence electrons. The fourth-order valence-corrected chi connectivity index (χ4v) is 2.25. The molecule has 6 heteroatoms. The van der Waals surface area contributed by atoms with Crippen LogP contribution in [0.2, 0.25) is 0 Å². The molecule has 3 amide bonds. The van der Waals surface area contributed by atoms with Crippen molar-refractivity contribution in [2.24, 2.45) is 5.92 Å². The van der Waals surface area contributed by atoms with Gasteiger partial charge in [0.15, 0.2) is 0 Å². The third-order valence-electron chi connectivity index (χ3n) is 3.75. The summed E-state index contributed by atoms with van der Waals surface area (Å²) in [5.41, 5.74) is 2.36. The average molecular weight is 324 g/mol. The molecule has 1 aliphatic rings. The van der Waals surface area contributed by atoms with Crippen LogP contribution >= 0.6 is 0 Å². The van der Waals surface area contributed by atoms with Gasteiger partial charge in [-0.05, 0) is 49.2 Å². The Labute approximate surface area is 140 Å². The number of anilines is 2. The molecule has 3 rings (SSSR count). The number of hydrogen-bond acceptors (Lipinski definition) is 3. The minimum Gasteiger partial charge on any atom is -0.337 e. The first-order chi connectivity index (χ1) is 11.7. The zero-order valence-electron chi connectivity index (χ0n) is 13.3. The number of pyridine rings is 1. The zero-order chi connectivity index (χ0) is 16.8. The van der Waals surface area contributed by atoms with E-state index in [1.807, 2.05) is 18.2 Å². The lowest BCUT2D eigenvalue weighted by atomic mass is 10.2. The number of urea groups is 1. The smallest absolute Gasteiger partial charge is 0.319 e. The van der Waals surface area contributed by atoms with Crippen molar-refractivity contribution in [1.29, 1.82) is 0 Å². The number of nitrogens with zero attached hydrogens (tertiary/aromatic N) is 1. The Morgan fingerprint density at radius 2 is 1.71 bits per heavy atom. The summed E-state index contributed by atoms with van der Waals surface area (Å²) in [6, 6.07) is 12.5. The van der Waals surface area contributed by atoms with Crippen molar-refractivity contribution in [3.05, 3.63) is 54.4 Å². The van der Waals surface area contributed by atoms with Crippen LogP contribution in [-0.4, -0.2) is 23.5 Å². The molecule has 1 aromatic heterocycles. The topological polar surface area (TPSA) is 83.1 Å². The molecule has 0 unspecified atom stereocenters. The van der Waals surface area contributed by atoms with Crippen molar-refractivity contribution in [3.63, 3.8) is 0 Å². The second kappa shape index (κ2) is 7.59. The summed E-state index contributed by atoms with van der Waals surface area (Å²) in [7, 11) is 0. The molecular weight excluding hydrogens is 304 g/mol. The Hall–Kier alpha value is -2.89. The van der Waals surface area contributed by atoms with Gasteiger partial charge in [0.2, 0.25) is 5.91 Å². The molecule has 0 saturated heterocycles. The lowest BCUT2D eigenvalue weighted by molar-refractivity contribution is -0.117. The van der Waals surface area contributed by atoms with E-state index in [4.69, 9.17) is 0 Å². The van der Waals surface area contributed by atoms with E-state index in [9.17, 15) is 9.59 Å². The molecule has 6 nitrogen and oxygen atoms in total. The third-order valence-corrected chi connectivity index (χ3v) is 3.75. The summed E-state index contributed by atoms with van der Waals surface area (Å²) in [5, 5.41) is 8.41. The lowest BCUT2D eigenvalue weighted by Gasteiger charge is -2.09. The van der Waals surface area contributed by atoms with Gasteiger partial charge in [-0.15, -0.1) is 0 Å². The number of carbonyl (C=O) groups is 2. The molecule has 0 aliphatic heterocycles. The molecule has 1 saturated carbocycles. The molecule has 0 atom stereocenters. The van der Waals surface area contributed by atoms with Gasteiger partial charge in [0.25, 0.3) is 0 Å². The first kappa shape index (κ1) is 16.0. The Bertz CT molecular complexity index is 697. The predicted molar refractivity (Wildman–Crippen MR) is 92.8 cm³/mol. The summed E-state index contributed by atoms with van der Waals surface area (Å²) in [4.78, 5) is 27.7. The van der Waals surface area contributed by atoms with Crippen molar-refractivity contribution in [1.82, 2.24) is 10.3 Å². The van der Waals surface area contributed by atoms with E-state index in [2.05, 4.69) is 20.9 Å². The van der Waals surface area contributed by atoms with Gasteiger partial charge in [-0.3, -0.25) is 9.78 Å². The monoisotopic (exact) mass is 324 g/mol. The van der Waals surface area contributed by atoms with Crippen LogP contribution in [0.15, 0.2) is 48.7 Å². The summed E-state index contributed by atoms with van der Waals surface area (Å²) >= 11 is 0. The van der Waals surface area contributed by atoms with Gasteiger partial charge in [-0.2, -0.15) is 0 Å². The molecule has 0 radical (unpaired) electrons. The van der Waals surface area contributed by atoms with Crippen LogP contribution in [0.3, 0.4) is 0 Å². The molecular formula is C18H20N4O2. The van der Waals surface area contributed by atoms with Gasteiger partial charge in [0, 0.05) is 42.1 Å². The highest BCUT2D eigenvalue weighted by molar-refractivity contribution is 5.94. The van der Waals surface area contributed by atoms with Crippen molar-refractivity contribution < 1.29 is 9.59 Å². The van der Waals surface area contributed by atoms with Crippen LogP contribution in [0.1, 0.15) is 18.5 Å². The van der Waals surface area contributed by atoms with Crippen molar-refractivity contribution in [3.8, 4) is 0 Å². The van der Waals surface area contributed by atoms with E-state index in [1.54, 1.807) is 30.5 Å². The van der Waals surface area contributed by atoms with Crippen molar-refractivity contribution in [2.45, 2.75) is 19.3 Å². The molecule has 0 spiro atoms. The Morgan fingerprint density at radius 3 is 2.33 bits per heavy atom.